The minimum absolute atomic E-state index is 0.0104. The number of fused-ring (bicyclic) bond motifs is 1. The van der Waals surface area contributed by atoms with E-state index < -0.39 is 4.92 Å². The first kappa shape index (κ1) is 11.0. The lowest BCUT2D eigenvalue weighted by molar-refractivity contribution is -0.384. The highest BCUT2D eigenvalue weighted by atomic mass is 16.6. The van der Waals surface area contributed by atoms with Crippen molar-refractivity contribution in [3.05, 3.63) is 28.3 Å². The van der Waals surface area contributed by atoms with Crippen LogP contribution in [0, 0.1) is 10.1 Å². The molecule has 1 fully saturated rings. The van der Waals surface area contributed by atoms with Crippen molar-refractivity contribution in [1.82, 2.24) is 4.98 Å². The van der Waals surface area contributed by atoms with Crippen LogP contribution >= 0.6 is 0 Å². The van der Waals surface area contributed by atoms with Gasteiger partial charge in [0.1, 0.15) is 5.52 Å². The maximum Gasteiger partial charge on any atom is 0.298 e. The Labute approximate surface area is 102 Å². The summed E-state index contributed by atoms with van der Waals surface area (Å²) >= 11 is 0. The van der Waals surface area contributed by atoms with E-state index in [9.17, 15) is 15.2 Å². The van der Waals surface area contributed by atoms with Crippen LogP contribution in [0.5, 0.6) is 0 Å². The molecule has 1 aliphatic heterocycles. The third-order valence-corrected chi connectivity index (χ3v) is 3.00. The highest BCUT2D eigenvalue weighted by Crippen LogP contribution is 2.27. The van der Waals surface area contributed by atoms with Crippen LogP contribution in [0.15, 0.2) is 22.6 Å². The molecule has 3 rings (SSSR count). The van der Waals surface area contributed by atoms with Gasteiger partial charge >= 0.3 is 0 Å². The molecule has 7 nitrogen and oxygen atoms in total. The third kappa shape index (κ3) is 1.78. The molecule has 94 valence electrons. The Morgan fingerprint density at radius 3 is 3.06 bits per heavy atom. The molecule has 1 aromatic heterocycles. The fourth-order valence-corrected chi connectivity index (χ4v) is 2.07. The number of aliphatic hydroxyl groups excluding tert-OH is 1. The van der Waals surface area contributed by atoms with E-state index in [1.807, 2.05) is 4.90 Å². The zero-order valence-electron chi connectivity index (χ0n) is 9.44. The molecule has 7 heteroatoms. The lowest BCUT2D eigenvalue weighted by Gasteiger charge is -2.10. The molecular formula is C11H11N3O4. The Balaban J connectivity index is 1.98. The molecule has 2 heterocycles. The molecule has 1 atom stereocenters. The summed E-state index contributed by atoms with van der Waals surface area (Å²) in [6.07, 6.45) is 0.313. The van der Waals surface area contributed by atoms with Crippen molar-refractivity contribution in [2.75, 3.05) is 18.0 Å². The zero-order chi connectivity index (χ0) is 12.7. The van der Waals surface area contributed by atoms with E-state index in [0.29, 0.717) is 36.6 Å². The van der Waals surface area contributed by atoms with Gasteiger partial charge < -0.3 is 14.4 Å². The van der Waals surface area contributed by atoms with Gasteiger partial charge in [0.05, 0.1) is 11.0 Å². The molecule has 0 amide bonds. The molecule has 0 radical (unpaired) electrons. The predicted octanol–water partition coefficient (Wildman–Crippen LogP) is 1.31. The molecule has 0 spiro atoms. The maximum absolute atomic E-state index is 10.7. The van der Waals surface area contributed by atoms with Crippen LogP contribution < -0.4 is 4.90 Å². The molecule has 1 aliphatic rings. The van der Waals surface area contributed by atoms with Crippen LogP contribution in [-0.2, 0) is 0 Å². The molecule has 1 N–H and O–H groups in total. The van der Waals surface area contributed by atoms with Crippen molar-refractivity contribution in [3.63, 3.8) is 0 Å². The van der Waals surface area contributed by atoms with Crippen LogP contribution in [0.25, 0.3) is 11.1 Å². The fourth-order valence-electron chi connectivity index (χ4n) is 2.07. The van der Waals surface area contributed by atoms with Crippen LogP contribution in [0.2, 0.25) is 0 Å². The van der Waals surface area contributed by atoms with Gasteiger partial charge in [-0.05, 0) is 12.5 Å². The molecule has 1 aromatic carbocycles. The summed E-state index contributed by atoms with van der Waals surface area (Å²) < 4.78 is 5.52. The first-order chi connectivity index (χ1) is 8.63. The standard InChI is InChI=1S/C11H11N3O4/c15-8-3-4-13(6-8)11-12-9-5-7(14(16)17)1-2-10(9)18-11/h1-2,5,8,15H,3-4,6H2/t8-/m0/s1. The van der Waals surface area contributed by atoms with E-state index >= 15 is 0 Å². The summed E-state index contributed by atoms with van der Waals surface area (Å²) in [6.45, 7) is 1.16. The quantitative estimate of drug-likeness (QED) is 0.637. The highest BCUT2D eigenvalue weighted by Gasteiger charge is 2.24. The van der Waals surface area contributed by atoms with Crippen molar-refractivity contribution in [2.24, 2.45) is 0 Å². The van der Waals surface area contributed by atoms with Crippen molar-refractivity contribution in [1.29, 1.82) is 0 Å². The molecule has 0 aliphatic carbocycles. The van der Waals surface area contributed by atoms with E-state index in [1.54, 1.807) is 0 Å². The topological polar surface area (TPSA) is 92.6 Å². The van der Waals surface area contributed by atoms with Gasteiger partial charge in [0.25, 0.3) is 11.7 Å². The first-order valence-electron chi connectivity index (χ1n) is 5.61. The minimum atomic E-state index is -0.465. The van der Waals surface area contributed by atoms with E-state index in [-0.39, 0.29) is 11.8 Å². The number of benzene rings is 1. The Bertz CT molecular complexity index is 609. The van der Waals surface area contributed by atoms with Gasteiger partial charge in [0.2, 0.25) is 0 Å². The van der Waals surface area contributed by atoms with Crippen LogP contribution in [-0.4, -0.2) is 34.2 Å². The van der Waals surface area contributed by atoms with Gasteiger partial charge in [0, 0.05) is 25.2 Å². The molecular weight excluding hydrogens is 238 g/mol. The summed E-state index contributed by atoms with van der Waals surface area (Å²) in [5.74, 6) is 0. The van der Waals surface area contributed by atoms with E-state index in [0.717, 1.165) is 0 Å². The zero-order valence-corrected chi connectivity index (χ0v) is 9.44. The summed E-state index contributed by atoms with van der Waals surface area (Å²) in [5, 5.41) is 20.1. The van der Waals surface area contributed by atoms with Gasteiger partial charge in [-0.2, -0.15) is 4.98 Å². The van der Waals surface area contributed by atoms with Crippen LogP contribution in [0.4, 0.5) is 11.7 Å². The van der Waals surface area contributed by atoms with Gasteiger partial charge in [0.15, 0.2) is 5.58 Å². The number of nitro benzene ring substituents is 1. The number of rotatable bonds is 2. The number of oxazole rings is 1. The third-order valence-electron chi connectivity index (χ3n) is 3.00. The first-order valence-corrected chi connectivity index (χ1v) is 5.61. The number of hydrogen-bond donors (Lipinski definition) is 1. The summed E-state index contributed by atoms with van der Waals surface area (Å²) in [4.78, 5) is 16.2. The van der Waals surface area contributed by atoms with Crippen molar-refractivity contribution in [2.45, 2.75) is 12.5 Å². The molecule has 2 aromatic rings. The lowest BCUT2D eigenvalue weighted by atomic mass is 10.3. The second kappa shape index (κ2) is 3.95. The van der Waals surface area contributed by atoms with E-state index in [1.165, 1.54) is 18.2 Å². The highest BCUT2D eigenvalue weighted by molar-refractivity contribution is 5.77. The van der Waals surface area contributed by atoms with Crippen molar-refractivity contribution in [3.8, 4) is 0 Å². The molecule has 18 heavy (non-hydrogen) atoms. The van der Waals surface area contributed by atoms with Gasteiger partial charge in [-0.25, -0.2) is 0 Å². The second-order valence-corrected chi connectivity index (χ2v) is 4.29. The number of anilines is 1. The number of β-amino-alcohol motifs (C(OH)–C–C–N with tert-alkyl or cyclic N) is 1. The summed E-state index contributed by atoms with van der Waals surface area (Å²) in [5.41, 5.74) is 0.960. The van der Waals surface area contributed by atoms with E-state index in [2.05, 4.69) is 4.98 Å². The summed E-state index contributed by atoms with van der Waals surface area (Å²) in [7, 11) is 0. The van der Waals surface area contributed by atoms with Crippen LogP contribution in [0.3, 0.4) is 0 Å². The number of hydrogen-bond acceptors (Lipinski definition) is 6. The average molecular weight is 249 g/mol. The van der Waals surface area contributed by atoms with Gasteiger partial charge in [-0.15, -0.1) is 0 Å². The normalized spacial score (nSPS) is 19.6. The summed E-state index contributed by atoms with van der Waals surface area (Å²) in [6, 6.07) is 4.71. The van der Waals surface area contributed by atoms with Gasteiger partial charge in [-0.1, -0.05) is 0 Å². The fraction of sp³-hybridized carbons (Fsp3) is 0.364. The Morgan fingerprint density at radius 2 is 2.39 bits per heavy atom. The van der Waals surface area contributed by atoms with Crippen molar-refractivity contribution >= 4 is 22.8 Å². The SMILES string of the molecule is O=[N+]([O-])c1ccc2oc(N3CC[C@H](O)C3)nc2c1. The average Bonchev–Trinajstić information content (AvgIpc) is 2.93. The molecule has 0 saturated carbocycles. The number of aliphatic hydroxyl groups is 1. The van der Waals surface area contributed by atoms with E-state index in [4.69, 9.17) is 4.42 Å². The van der Waals surface area contributed by atoms with Crippen molar-refractivity contribution < 1.29 is 14.4 Å². The number of aromatic nitrogens is 1. The maximum atomic E-state index is 10.7. The minimum Gasteiger partial charge on any atom is -0.423 e. The smallest absolute Gasteiger partial charge is 0.298 e. The second-order valence-electron chi connectivity index (χ2n) is 4.29. The predicted molar refractivity (Wildman–Crippen MR) is 63.5 cm³/mol. The molecule has 0 bridgehead atoms. The monoisotopic (exact) mass is 249 g/mol. The Kier molecular flexibility index (Phi) is 2.41. The Hall–Kier alpha value is -2.15. The molecule has 0 unspecified atom stereocenters. The van der Waals surface area contributed by atoms with Gasteiger partial charge in [-0.3, -0.25) is 10.1 Å². The molecule has 1 saturated heterocycles. The lowest BCUT2D eigenvalue weighted by Crippen LogP contribution is -2.21. The Morgan fingerprint density at radius 1 is 1.56 bits per heavy atom. The number of nitro groups is 1. The number of nitrogens with zero attached hydrogens (tertiary/aromatic N) is 3. The van der Waals surface area contributed by atoms with Crippen LogP contribution in [0.1, 0.15) is 6.42 Å². The largest absolute Gasteiger partial charge is 0.423 e. The number of non-ortho nitro benzene ring substituents is 1.